The molecule has 0 aliphatic carbocycles. The minimum Gasteiger partial charge on any atom is -0.452 e. The molecule has 124 valence electrons. The van der Waals surface area contributed by atoms with Gasteiger partial charge in [-0.3, -0.25) is 4.79 Å². The average Bonchev–Trinajstić information content (AvgIpc) is 2.58. The SMILES string of the molecule is COC(=O)N1CCN(C)C(=O)C2Cc3ccccc3CN2S1=O. The van der Waals surface area contributed by atoms with Crippen LogP contribution in [0.25, 0.3) is 0 Å². The Kier molecular flexibility index (Phi) is 4.36. The summed E-state index contributed by atoms with van der Waals surface area (Å²) >= 11 is -1.75. The second-order valence-electron chi connectivity index (χ2n) is 5.63. The van der Waals surface area contributed by atoms with Gasteiger partial charge in [0.1, 0.15) is 6.04 Å². The number of carbonyl (C=O) groups is 2. The fourth-order valence-electron chi connectivity index (χ4n) is 2.94. The van der Waals surface area contributed by atoms with Crippen molar-refractivity contribution in [3.63, 3.8) is 0 Å². The van der Waals surface area contributed by atoms with E-state index in [1.807, 2.05) is 24.3 Å². The van der Waals surface area contributed by atoms with Crippen LogP contribution in [0.1, 0.15) is 11.1 Å². The van der Waals surface area contributed by atoms with E-state index < -0.39 is 23.3 Å². The largest absolute Gasteiger partial charge is 0.452 e. The van der Waals surface area contributed by atoms with Crippen LogP contribution >= 0.6 is 0 Å². The van der Waals surface area contributed by atoms with Gasteiger partial charge in [0.25, 0.3) is 0 Å². The van der Waals surface area contributed by atoms with Gasteiger partial charge in [0, 0.05) is 20.1 Å². The van der Waals surface area contributed by atoms with Gasteiger partial charge >= 0.3 is 6.09 Å². The summed E-state index contributed by atoms with van der Waals surface area (Å²) in [6.07, 6.45) is -0.163. The molecule has 1 saturated heterocycles. The van der Waals surface area contributed by atoms with Crippen molar-refractivity contribution < 1.29 is 18.5 Å². The highest BCUT2D eigenvalue weighted by molar-refractivity contribution is 7.80. The molecule has 2 aliphatic heterocycles. The first-order chi connectivity index (χ1) is 11.0. The summed E-state index contributed by atoms with van der Waals surface area (Å²) in [6.45, 7) is 0.860. The Balaban J connectivity index is 1.99. The minimum absolute atomic E-state index is 0.0719. The summed E-state index contributed by atoms with van der Waals surface area (Å²) < 4.78 is 20.4. The summed E-state index contributed by atoms with van der Waals surface area (Å²) in [5, 5.41) is 0. The van der Waals surface area contributed by atoms with Crippen LogP contribution < -0.4 is 0 Å². The number of hydrogen-bond donors (Lipinski definition) is 0. The Labute approximate surface area is 137 Å². The topological polar surface area (TPSA) is 70.2 Å². The number of rotatable bonds is 0. The Bertz CT molecular complexity index is 666. The predicted molar refractivity (Wildman–Crippen MR) is 84.4 cm³/mol. The van der Waals surface area contributed by atoms with Gasteiger partial charge in [-0.25, -0.2) is 13.3 Å². The first-order valence-corrected chi connectivity index (χ1v) is 8.45. The van der Waals surface area contributed by atoms with Crippen molar-refractivity contribution in [3.8, 4) is 0 Å². The monoisotopic (exact) mass is 337 g/mol. The van der Waals surface area contributed by atoms with Gasteiger partial charge < -0.3 is 9.64 Å². The summed E-state index contributed by atoms with van der Waals surface area (Å²) in [5.74, 6) is -0.0719. The summed E-state index contributed by atoms with van der Waals surface area (Å²) in [4.78, 5) is 26.2. The lowest BCUT2D eigenvalue weighted by Crippen LogP contribution is -2.58. The maximum atomic E-state index is 12.9. The van der Waals surface area contributed by atoms with Crippen LogP contribution in [0.3, 0.4) is 0 Å². The third-order valence-corrected chi connectivity index (χ3v) is 5.77. The lowest BCUT2D eigenvalue weighted by molar-refractivity contribution is -0.134. The van der Waals surface area contributed by atoms with Crippen molar-refractivity contribution in [1.29, 1.82) is 0 Å². The number of ether oxygens (including phenoxy) is 1. The van der Waals surface area contributed by atoms with Gasteiger partial charge in [-0.1, -0.05) is 24.3 Å². The van der Waals surface area contributed by atoms with Crippen molar-refractivity contribution in [2.45, 2.75) is 19.0 Å². The quantitative estimate of drug-likeness (QED) is 0.692. The smallest absolute Gasteiger partial charge is 0.422 e. The molecule has 1 aromatic rings. The molecule has 2 unspecified atom stereocenters. The molecule has 2 atom stereocenters. The molecule has 3 rings (SSSR count). The van der Waals surface area contributed by atoms with Crippen LogP contribution in [0, 0.1) is 0 Å². The molecule has 0 N–H and O–H groups in total. The van der Waals surface area contributed by atoms with Gasteiger partial charge in [-0.2, -0.15) is 4.31 Å². The summed E-state index contributed by atoms with van der Waals surface area (Å²) in [5.41, 5.74) is 2.11. The van der Waals surface area contributed by atoms with Gasteiger partial charge in [0.05, 0.1) is 13.7 Å². The molecule has 2 aliphatic rings. The van der Waals surface area contributed by atoms with Crippen LogP contribution in [0.5, 0.6) is 0 Å². The highest BCUT2D eigenvalue weighted by atomic mass is 32.2. The lowest BCUT2D eigenvalue weighted by atomic mass is 9.95. The fourth-order valence-corrected chi connectivity index (χ4v) is 4.27. The third kappa shape index (κ3) is 2.84. The minimum atomic E-state index is -1.75. The molecule has 1 fully saturated rings. The third-order valence-electron chi connectivity index (χ3n) is 4.27. The van der Waals surface area contributed by atoms with Crippen LogP contribution in [-0.4, -0.2) is 63.0 Å². The molecule has 2 amide bonds. The molecule has 0 aromatic heterocycles. The Hall–Kier alpha value is -1.93. The first-order valence-electron chi connectivity index (χ1n) is 7.39. The summed E-state index contributed by atoms with van der Waals surface area (Å²) in [6, 6.07) is 7.25. The zero-order chi connectivity index (χ0) is 16.6. The molecule has 0 radical (unpaired) electrons. The molecule has 0 saturated carbocycles. The highest BCUT2D eigenvalue weighted by Crippen LogP contribution is 2.27. The summed E-state index contributed by atoms with van der Waals surface area (Å²) in [7, 11) is 2.96. The van der Waals surface area contributed by atoms with E-state index in [0.29, 0.717) is 19.5 Å². The molecule has 23 heavy (non-hydrogen) atoms. The number of likely N-dealkylation sites (N-methyl/N-ethyl adjacent to an activating group) is 1. The van der Waals surface area contributed by atoms with Crippen LogP contribution in [0.2, 0.25) is 0 Å². The molecule has 8 heteroatoms. The number of hydrogen-bond acceptors (Lipinski definition) is 4. The van der Waals surface area contributed by atoms with Gasteiger partial charge in [0.2, 0.25) is 17.1 Å². The normalized spacial score (nSPS) is 25.2. The van der Waals surface area contributed by atoms with E-state index >= 15 is 0 Å². The van der Waals surface area contributed by atoms with Crippen molar-refractivity contribution in [1.82, 2.24) is 13.5 Å². The van der Waals surface area contributed by atoms with E-state index in [1.165, 1.54) is 11.4 Å². The highest BCUT2D eigenvalue weighted by Gasteiger charge is 2.41. The fraction of sp³-hybridized carbons (Fsp3) is 0.467. The van der Waals surface area contributed by atoms with Crippen LogP contribution in [-0.2, 0) is 33.7 Å². The number of methoxy groups -OCH3 is 1. The maximum absolute atomic E-state index is 12.9. The second-order valence-corrected chi connectivity index (χ2v) is 7.00. The van der Waals surface area contributed by atoms with Crippen LogP contribution in [0.15, 0.2) is 24.3 Å². The van der Waals surface area contributed by atoms with E-state index in [0.717, 1.165) is 11.1 Å². The van der Waals surface area contributed by atoms with Gasteiger partial charge in [-0.05, 0) is 17.5 Å². The maximum Gasteiger partial charge on any atom is 0.422 e. The van der Waals surface area contributed by atoms with E-state index in [1.54, 1.807) is 16.3 Å². The molecule has 0 bridgehead atoms. The van der Waals surface area contributed by atoms with Crippen molar-refractivity contribution in [2.24, 2.45) is 0 Å². The number of carbonyl (C=O) groups excluding carboxylic acids is 2. The predicted octanol–water partition coefficient (Wildman–Crippen LogP) is 0.532. The van der Waals surface area contributed by atoms with Crippen molar-refractivity contribution in [3.05, 3.63) is 35.4 Å². The number of benzene rings is 1. The Morgan fingerprint density at radius 3 is 2.65 bits per heavy atom. The zero-order valence-corrected chi connectivity index (χ0v) is 13.9. The number of nitrogens with zero attached hydrogens (tertiary/aromatic N) is 3. The molecular weight excluding hydrogens is 318 g/mol. The van der Waals surface area contributed by atoms with E-state index in [-0.39, 0.29) is 12.5 Å². The average molecular weight is 337 g/mol. The first kappa shape index (κ1) is 15.9. The number of amides is 2. The molecular formula is C15H19N3O4S. The molecule has 0 spiro atoms. The second kappa shape index (κ2) is 6.29. The van der Waals surface area contributed by atoms with E-state index in [2.05, 4.69) is 0 Å². The van der Waals surface area contributed by atoms with Gasteiger partial charge in [0.15, 0.2) is 0 Å². The zero-order valence-electron chi connectivity index (χ0n) is 13.1. The lowest BCUT2D eigenvalue weighted by Gasteiger charge is -2.40. The van der Waals surface area contributed by atoms with Gasteiger partial charge in [-0.15, -0.1) is 0 Å². The standard InChI is InChI=1S/C15H19N3O4S/c1-16-7-8-17(15(20)22-2)23(21)18-10-12-6-4-3-5-11(12)9-13(18)14(16)19/h3-6,13H,7-10H2,1-2H3. The molecule has 1 aromatic carbocycles. The Morgan fingerprint density at radius 1 is 1.26 bits per heavy atom. The molecule has 2 heterocycles. The van der Waals surface area contributed by atoms with Crippen LogP contribution in [0.4, 0.5) is 4.79 Å². The van der Waals surface area contributed by atoms with E-state index in [4.69, 9.17) is 4.74 Å². The number of fused-ring (bicyclic) bond motifs is 2. The van der Waals surface area contributed by atoms with Crippen molar-refractivity contribution >= 4 is 23.2 Å². The molecule has 7 nitrogen and oxygen atoms in total. The van der Waals surface area contributed by atoms with Crippen molar-refractivity contribution in [2.75, 3.05) is 27.2 Å². The van der Waals surface area contributed by atoms with E-state index in [9.17, 15) is 13.8 Å². The Morgan fingerprint density at radius 2 is 1.96 bits per heavy atom.